The van der Waals surface area contributed by atoms with E-state index >= 15 is 0 Å². The number of carbonyl (C=O) groups is 2. The van der Waals surface area contributed by atoms with Crippen LogP contribution in [0.1, 0.15) is 20.7 Å². The molecule has 118 valence electrons. The van der Waals surface area contributed by atoms with Crippen LogP contribution in [0.5, 0.6) is 0 Å². The zero-order chi connectivity index (χ0) is 16.4. The summed E-state index contributed by atoms with van der Waals surface area (Å²) in [6.07, 6.45) is -0.837. The number of imide groups is 1. The zero-order valence-electron chi connectivity index (χ0n) is 12.2. The lowest BCUT2D eigenvalue weighted by Crippen LogP contribution is -2.39. The second kappa shape index (κ2) is 6.67. The highest BCUT2D eigenvalue weighted by Crippen LogP contribution is 2.22. The minimum Gasteiger partial charge on any atom is -0.389 e. The highest BCUT2D eigenvalue weighted by Gasteiger charge is 2.35. The van der Waals surface area contributed by atoms with Gasteiger partial charge in [0.15, 0.2) is 0 Å². The van der Waals surface area contributed by atoms with E-state index in [1.54, 1.807) is 24.3 Å². The van der Waals surface area contributed by atoms with Crippen LogP contribution in [0.2, 0.25) is 0 Å². The molecule has 3 rings (SSSR count). The number of amides is 2. The van der Waals surface area contributed by atoms with Crippen molar-refractivity contribution in [2.75, 3.05) is 18.4 Å². The summed E-state index contributed by atoms with van der Waals surface area (Å²) in [6, 6.07) is 14.5. The molecule has 0 saturated heterocycles. The molecule has 2 amide bonds. The third-order valence-corrected chi connectivity index (χ3v) is 4.38. The molecule has 1 atom stereocenters. The highest BCUT2D eigenvalue weighted by atomic mass is 127. The van der Waals surface area contributed by atoms with Crippen molar-refractivity contribution in [3.63, 3.8) is 0 Å². The van der Waals surface area contributed by atoms with E-state index in [1.165, 1.54) is 0 Å². The van der Waals surface area contributed by atoms with Crippen molar-refractivity contribution in [2.24, 2.45) is 0 Å². The Labute approximate surface area is 147 Å². The van der Waals surface area contributed by atoms with E-state index in [2.05, 4.69) is 27.9 Å². The van der Waals surface area contributed by atoms with Crippen molar-refractivity contribution in [3.05, 3.63) is 63.2 Å². The van der Waals surface area contributed by atoms with Gasteiger partial charge in [-0.3, -0.25) is 14.5 Å². The smallest absolute Gasteiger partial charge is 0.261 e. The summed E-state index contributed by atoms with van der Waals surface area (Å²) in [5.74, 6) is -0.696. The molecule has 2 aromatic rings. The number of carbonyl (C=O) groups excluding carboxylic acids is 2. The first-order chi connectivity index (χ1) is 11.1. The lowest BCUT2D eigenvalue weighted by molar-refractivity contribution is 0.0558. The molecular weight excluding hydrogens is 407 g/mol. The third kappa shape index (κ3) is 3.37. The molecule has 0 unspecified atom stereocenters. The Kier molecular flexibility index (Phi) is 4.63. The average molecular weight is 422 g/mol. The van der Waals surface area contributed by atoms with Crippen LogP contribution in [0, 0.1) is 3.57 Å². The lowest BCUT2D eigenvalue weighted by atomic mass is 10.1. The number of fused-ring (bicyclic) bond motifs is 1. The summed E-state index contributed by atoms with van der Waals surface area (Å²) in [6.45, 7) is 0.234. The first-order valence-corrected chi connectivity index (χ1v) is 8.27. The van der Waals surface area contributed by atoms with Gasteiger partial charge >= 0.3 is 0 Å². The number of benzene rings is 2. The molecule has 5 nitrogen and oxygen atoms in total. The molecule has 23 heavy (non-hydrogen) atoms. The summed E-state index contributed by atoms with van der Waals surface area (Å²) in [4.78, 5) is 25.6. The zero-order valence-corrected chi connectivity index (χ0v) is 14.4. The number of β-amino-alcohol motifs (C(OH)–C–C–N with tert-alkyl or cyclic N) is 1. The van der Waals surface area contributed by atoms with Gasteiger partial charge in [0.1, 0.15) is 0 Å². The van der Waals surface area contributed by atoms with Gasteiger partial charge in [-0.05, 0) is 59.0 Å². The van der Waals surface area contributed by atoms with Crippen molar-refractivity contribution in [1.29, 1.82) is 0 Å². The molecule has 0 saturated carbocycles. The predicted octanol–water partition coefficient (Wildman–Crippen LogP) is 2.36. The predicted molar refractivity (Wildman–Crippen MR) is 95.5 cm³/mol. The summed E-state index contributed by atoms with van der Waals surface area (Å²) >= 11 is 2.22. The van der Waals surface area contributed by atoms with Gasteiger partial charge in [-0.25, -0.2) is 0 Å². The monoisotopic (exact) mass is 422 g/mol. The summed E-state index contributed by atoms with van der Waals surface area (Å²) in [7, 11) is 0. The van der Waals surface area contributed by atoms with E-state index in [0.717, 1.165) is 14.2 Å². The number of rotatable bonds is 5. The molecular formula is C17H15IN2O3. The Balaban J connectivity index is 1.60. The molecule has 0 aliphatic carbocycles. The van der Waals surface area contributed by atoms with Gasteiger partial charge in [0.25, 0.3) is 11.8 Å². The Morgan fingerprint density at radius 3 is 2.13 bits per heavy atom. The number of aliphatic hydroxyl groups is 1. The quantitative estimate of drug-likeness (QED) is 0.574. The maximum atomic E-state index is 12.2. The Morgan fingerprint density at radius 1 is 1.00 bits per heavy atom. The maximum absolute atomic E-state index is 12.2. The SMILES string of the molecule is O=C1c2ccccc2C(=O)N1C[C@H](O)CNc1ccc(I)cc1. The molecule has 1 aliphatic rings. The van der Waals surface area contributed by atoms with E-state index in [0.29, 0.717) is 11.1 Å². The minimum absolute atomic E-state index is 0.0241. The van der Waals surface area contributed by atoms with E-state index in [1.807, 2.05) is 24.3 Å². The Hall–Kier alpha value is -1.93. The molecule has 0 spiro atoms. The van der Waals surface area contributed by atoms with Crippen LogP contribution in [0.4, 0.5) is 5.69 Å². The van der Waals surface area contributed by atoms with Crippen molar-refractivity contribution in [3.8, 4) is 0 Å². The van der Waals surface area contributed by atoms with Crippen LogP contribution < -0.4 is 5.32 Å². The second-order valence-corrected chi connectivity index (χ2v) is 6.55. The van der Waals surface area contributed by atoms with Crippen LogP contribution in [0.3, 0.4) is 0 Å². The number of halogens is 1. The summed E-state index contributed by atoms with van der Waals surface area (Å²) in [5, 5.41) is 13.2. The summed E-state index contributed by atoms with van der Waals surface area (Å²) < 4.78 is 1.12. The molecule has 6 heteroatoms. The molecule has 1 aliphatic heterocycles. The fraction of sp³-hybridized carbons (Fsp3) is 0.176. The topological polar surface area (TPSA) is 69.6 Å². The first-order valence-electron chi connectivity index (χ1n) is 7.19. The fourth-order valence-corrected chi connectivity index (χ4v) is 2.84. The highest BCUT2D eigenvalue weighted by molar-refractivity contribution is 14.1. The number of anilines is 1. The third-order valence-electron chi connectivity index (χ3n) is 3.66. The summed E-state index contributed by atoms with van der Waals surface area (Å²) in [5.41, 5.74) is 1.68. The average Bonchev–Trinajstić information content (AvgIpc) is 2.80. The number of hydrogen-bond donors (Lipinski definition) is 2. The van der Waals surface area contributed by atoms with Crippen LogP contribution >= 0.6 is 22.6 Å². The maximum Gasteiger partial charge on any atom is 0.261 e. The normalized spacial score (nSPS) is 14.8. The molecule has 2 aromatic carbocycles. The van der Waals surface area contributed by atoms with E-state index in [4.69, 9.17) is 0 Å². The number of nitrogens with zero attached hydrogens (tertiary/aromatic N) is 1. The van der Waals surface area contributed by atoms with Crippen molar-refractivity contribution < 1.29 is 14.7 Å². The number of aliphatic hydroxyl groups excluding tert-OH is 1. The Morgan fingerprint density at radius 2 is 1.57 bits per heavy atom. The van der Waals surface area contributed by atoms with Gasteiger partial charge in [-0.2, -0.15) is 0 Å². The molecule has 2 N–H and O–H groups in total. The fourth-order valence-electron chi connectivity index (χ4n) is 2.48. The Bertz CT molecular complexity index is 711. The molecule has 0 bridgehead atoms. The van der Waals surface area contributed by atoms with E-state index < -0.39 is 6.10 Å². The molecule has 0 radical (unpaired) electrons. The van der Waals surface area contributed by atoms with E-state index in [-0.39, 0.29) is 24.9 Å². The van der Waals surface area contributed by atoms with Gasteiger partial charge in [-0.1, -0.05) is 12.1 Å². The van der Waals surface area contributed by atoms with Gasteiger partial charge in [0.05, 0.1) is 23.8 Å². The van der Waals surface area contributed by atoms with Crippen molar-refractivity contribution in [2.45, 2.75) is 6.10 Å². The van der Waals surface area contributed by atoms with Gasteiger partial charge in [0, 0.05) is 15.8 Å². The van der Waals surface area contributed by atoms with Crippen molar-refractivity contribution >= 4 is 40.1 Å². The van der Waals surface area contributed by atoms with E-state index in [9.17, 15) is 14.7 Å². The number of hydrogen-bond acceptors (Lipinski definition) is 4. The largest absolute Gasteiger partial charge is 0.389 e. The van der Waals surface area contributed by atoms with Crippen LogP contribution in [-0.2, 0) is 0 Å². The lowest BCUT2D eigenvalue weighted by Gasteiger charge is -2.19. The first kappa shape index (κ1) is 15.9. The molecule has 0 fully saturated rings. The molecule has 0 aromatic heterocycles. The van der Waals surface area contributed by atoms with Crippen LogP contribution in [0.25, 0.3) is 0 Å². The van der Waals surface area contributed by atoms with Gasteiger partial charge in [0.2, 0.25) is 0 Å². The minimum atomic E-state index is -0.837. The van der Waals surface area contributed by atoms with Crippen LogP contribution in [-0.4, -0.2) is 41.0 Å². The van der Waals surface area contributed by atoms with Gasteiger partial charge in [-0.15, -0.1) is 0 Å². The number of nitrogens with one attached hydrogen (secondary N) is 1. The molecule has 1 heterocycles. The second-order valence-electron chi connectivity index (χ2n) is 5.31. The van der Waals surface area contributed by atoms with Crippen LogP contribution in [0.15, 0.2) is 48.5 Å². The van der Waals surface area contributed by atoms with Crippen molar-refractivity contribution in [1.82, 2.24) is 4.90 Å². The standard InChI is InChI=1S/C17H15IN2O3/c18-11-5-7-12(8-6-11)19-9-13(21)10-20-16(22)14-3-1-2-4-15(14)17(20)23/h1-8,13,19,21H,9-10H2/t13-/m1/s1. The van der Waals surface area contributed by atoms with Gasteiger partial charge < -0.3 is 10.4 Å².